The minimum Gasteiger partial charge on any atom is -0.497 e. The molecule has 0 spiro atoms. The summed E-state index contributed by atoms with van der Waals surface area (Å²) in [5.41, 5.74) is 11.8. The Balaban J connectivity index is 0.000000237. The van der Waals surface area contributed by atoms with Crippen LogP contribution >= 0.6 is 0 Å². The molecule has 0 amide bonds. The van der Waals surface area contributed by atoms with Crippen LogP contribution in [-0.2, 0) is 0 Å². The zero-order valence-electron chi connectivity index (χ0n) is 16.8. The fraction of sp³-hybridized carbons (Fsp3) is 0.174. The van der Waals surface area contributed by atoms with Crippen molar-refractivity contribution in [1.29, 1.82) is 0 Å². The highest BCUT2D eigenvalue weighted by atomic mass is 16.5. The number of nitrogens with zero attached hydrogens (tertiary/aromatic N) is 1. The minimum atomic E-state index is 0.667. The van der Waals surface area contributed by atoms with Gasteiger partial charge in [-0.05, 0) is 59.7 Å². The summed E-state index contributed by atoms with van der Waals surface area (Å²) in [6.45, 7) is 0. The summed E-state index contributed by atoms with van der Waals surface area (Å²) < 4.78 is 4.90. The van der Waals surface area contributed by atoms with Crippen LogP contribution in [-0.4, -0.2) is 34.5 Å². The lowest BCUT2D eigenvalue weighted by Gasteiger charge is -2.13. The fourth-order valence-electron chi connectivity index (χ4n) is 2.59. The maximum absolute atomic E-state index is 10.2. The van der Waals surface area contributed by atoms with Crippen molar-refractivity contribution in [3.63, 3.8) is 0 Å². The lowest BCUT2D eigenvalue weighted by molar-refractivity contribution is 0.112. The standard InChI is InChI=1S/C15H19N3.C8H8O2/c1-17-15-10-12(6-9-14(15)16)11-4-7-13(8-5-11)18(2)3;1-10-8-4-2-7(6-9)3-5-8/h4-10,17H,16H2,1-3H3;2-6H,1H3. The molecule has 5 heteroatoms. The number of hydrogen-bond acceptors (Lipinski definition) is 5. The van der Waals surface area contributed by atoms with E-state index in [1.54, 1.807) is 31.4 Å². The van der Waals surface area contributed by atoms with E-state index >= 15 is 0 Å². The molecular weight excluding hydrogens is 350 g/mol. The van der Waals surface area contributed by atoms with Gasteiger partial charge in [-0.3, -0.25) is 4.79 Å². The summed E-state index contributed by atoms with van der Waals surface area (Å²) in [5.74, 6) is 0.769. The summed E-state index contributed by atoms with van der Waals surface area (Å²) >= 11 is 0. The maximum atomic E-state index is 10.2. The molecule has 3 rings (SSSR count). The zero-order chi connectivity index (χ0) is 20.5. The first kappa shape index (κ1) is 20.8. The maximum Gasteiger partial charge on any atom is 0.150 e. The third-order valence-electron chi connectivity index (χ3n) is 4.29. The summed E-state index contributed by atoms with van der Waals surface area (Å²) in [6, 6.07) is 21.5. The molecule has 0 saturated heterocycles. The lowest BCUT2D eigenvalue weighted by Crippen LogP contribution is -2.07. The van der Waals surface area contributed by atoms with Gasteiger partial charge in [0, 0.05) is 32.4 Å². The molecule has 0 radical (unpaired) electrons. The molecule has 146 valence electrons. The van der Waals surface area contributed by atoms with Crippen molar-refractivity contribution in [3.8, 4) is 16.9 Å². The van der Waals surface area contributed by atoms with Gasteiger partial charge in [-0.15, -0.1) is 0 Å². The van der Waals surface area contributed by atoms with Crippen molar-refractivity contribution in [2.75, 3.05) is 44.2 Å². The average Bonchev–Trinajstić information content (AvgIpc) is 2.74. The number of anilines is 3. The van der Waals surface area contributed by atoms with Crippen LogP contribution in [0.4, 0.5) is 17.1 Å². The monoisotopic (exact) mass is 377 g/mol. The molecule has 0 aliphatic heterocycles. The molecule has 0 aromatic heterocycles. The molecular formula is C23H27N3O2. The highest BCUT2D eigenvalue weighted by Gasteiger charge is 2.02. The molecule has 0 atom stereocenters. The number of rotatable bonds is 5. The van der Waals surface area contributed by atoms with Crippen LogP contribution in [0.25, 0.3) is 11.1 Å². The normalized spacial score (nSPS) is 9.71. The first-order valence-corrected chi connectivity index (χ1v) is 8.92. The Hall–Kier alpha value is -3.47. The van der Waals surface area contributed by atoms with Gasteiger partial charge in [0.15, 0.2) is 0 Å². The number of carbonyl (C=O) groups is 1. The SMILES string of the molecule is CNc1cc(-c2ccc(N(C)C)cc2)ccc1N.COc1ccc(C=O)cc1. The van der Waals surface area contributed by atoms with E-state index in [9.17, 15) is 4.79 Å². The number of hydrogen-bond donors (Lipinski definition) is 2. The molecule has 0 aliphatic carbocycles. The van der Waals surface area contributed by atoms with Crippen molar-refractivity contribution in [1.82, 2.24) is 0 Å². The Bertz CT molecular complexity index is 889. The van der Waals surface area contributed by atoms with Gasteiger partial charge in [0.2, 0.25) is 0 Å². The molecule has 0 unspecified atom stereocenters. The van der Waals surface area contributed by atoms with Gasteiger partial charge in [-0.1, -0.05) is 18.2 Å². The van der Waals surface area contributed by atoms with Gasteiger partial charge in [-0.25, -0.2) is 0 Å². The molecule has 28 heavy (non-hydrogen) atoms. The predicted octanol–water partition coefficient (Wildman–Crippen LogP) is 4.55. The van der Waals surface area contributed by atoms with Gasteiger partial charge in [0.1, 0.15) is 12.0 Å². The summed E-state index contributed by atoms with van der Waals surface area (Å²) in [7, 11) is 7.55. The van der Waals surface area contributed by atoms with Crippen molar-refractivity contribution in [2.24, 2.45) is 0 Å². The van der Waals surface area contributed by atoms with E-state index in [-0.39, 0.29) is 0 Å². The number of carbonyl (C=O) groups excluding carboxylic acids is 1. The van der Waals surface area contributed by atoms with E-state index < -0.39 is 0 Å². The minimum absolute atomic E-state index is 0.667. The highest BCUT2D eigenvalue weighted by molar-refractivity contribution is 5.76. The van der Waals surface area contributed by atoms with Crippen LogP contribution in [0.15, 0.2) is 66.7 Å². The predicted molar refractivity (Wildman–Crippen MR) is 119 cm³/mol. The van der Waals surface area contributed by atoms with Crippen molar-refractivity contribution in [2.45, 2.75) is 0 Å². The second-order valence-corrected chi connectivity index (χ2v) is 6.38. The molecule has 3 aromatic rings. The summed E-state index contributed by atoms with van der Waals surface area (Å²) in [4.78, 5) is 12.3. The molecule has 0 fully saturated rings. The molecule has 0 heterocycles. The summed E-state index contributed by atoms with van der Waals surface area (Å²) in [5, 5.41) is 3.10. The van der Waals surface area contributed by atoms with E-state index in [4.69, 9.17) is 10.5 Å². The van der Waals surface area contributed by atoms with Crippen LogP contribution in [0.1, 0.15) is 10.4 Å². The summed E-state index contributed by atoms with van der Waals surface area (Å²) in [6.07, 6.45) is 0.805. The fourth-order valence-corrected chi connectivity index (χ4v) is 2.59. The molecule has 3 aromatic carbocycles. The Morgan fingerprint density at radius 2 is 1.54 bits per heavy atom. The Labute approximate surface area is 166 Å². The van der Waals surface area contributed by atoms with Crippen LogP contribution in [0.3, 0.4) is 0 Å². The number of methoxy groups -OCH3 is 1. The largest absolute Gasteiger partial charge is 0.497 e. The Morgan fingerprint density at radius 1 is 0.929 bits per heavy atom. The Kier molecular flexibility index (Phi) is 7.45. The second-order valence-electron chi connectivity index (χ2n) is 6.38. The Morgan fingerprint density at radius 3 is 2.04 bits per heavy atom. The lowest BCUT2D eigenvalue weighted by atomic mass is 10.0. The quantitative estimate of drug-likeness (QED) is 0.504. The average molecular weight is 377 g/mol. The topological polar surface area (TPSA) is 67.6 Å². The highest BCUT2D eigenvalue weighted by Crippen LogP contribution is 2.28. The molecule has 0 saturated carbocycles. The van der Waals surface area contributed by atoms with Crippen molar-refractivity contribution in [3.05, 3.63) is 72.3 Å². The smallest absolute Gasteiger partial charge is 0.150 e. The van der Waals surface area contributed by atoms with E-state index in [0.29, 0.717) is 5.56 Å². The van der Waals surface area contributed by atoms with Gasteiger partial charge < -0.3 is 20.7 Å². The number of ether oxygens (including phenoxy) is 1. The van der Waals surface area contributed by atoms with Crippen LogP contribution < -0.4 is 20.7 Å². The van der Waals surface area contributed by atoms with E-state index in [1.165, 1.54) is 16.8 Å². The third-order valence-corrected chi connectivity index (χ3v) is 4.29. The molecule has 0 bridgehead atoms. The number of nitrogens with two attached hydrogens (primary N) is 1. The van der Waals surface area contributed by atoms with Crippen LogP contribution in [0, 0.1) is 0 Å². The number of nitrogens with one attached hydrogen (secondary N) is 1. The van der Waals surface area contributed by atoms with Crippen LogP contribution in [0.5, 0.6) is 5.75 Å². The van der Waals surface area contributed by atoms with Crippen molar-refractivity contribution >= 4 is 23.3 Å². The number of aldehydes is 1. The second kappa shape index (κ2) is 10.0. The van der Waals surface area contributed by atoms with E-state index in [0.717, 1.165) is 23.4 Å². The molecule has 5 nitrogen and oxygen atoms in total. The molecule has 0 aliphatic rings. The van der Waals surface area contributed by atoms with Gasteiger partial charge >= 0.3 is 0 Å². The van der Waals surface area contributed by atoms with Crippen molar-refractivity contribution < 1.29 is 9.53 Å². The van der Waals surface area contributed by atoms with Gasteiger partial charge in [0.25, 0.3) is 0 Å². The molecule has 3 N–H and O–H groups in total. The van der Waals surface area contributed by atoms with Crippen LogP contribution in [0.2, 0.25) is 0 Å². The van der Waals surface area contributed by atoms with E-state index in [2.05, 4.69) is 40.5 Å². The van der Waals surface area contributed by atoms with Gasteiger partial charge in [-0.2, -0.15) is 0 Å². The number of benzene rings is 3. The van der Waals surface area contributed by atoms with Gasteiger partial charge in [0.05, 0.1) is 18.5 Å². The first-order chi connectivity index (χ1) is 13.5. The third kappa shape index (κ3) is 5.51. The zero-order valence-corrected chi connectivity index (χ0v) is 16.8. The first-order valence-electron chi connectivity index (χ1n) is 8.92. The van der Waals surface area contributed by atoms with E-state index in [1.807, 2.05) is 33.3 Å². The number of nitrogen functional groups attached to an aromatic ring is 1.